The fourth-order valence-electron chi connectivity index (χ4n) is 3.42. The topological polar surface area (TPSA) is 67.9 Å². The Hall–Kier alpha value is -2.43. The molecule has 0 spiro atoms. The van der Waals surface area contributed by atoms with Crippen LogP contribution in [0.3, 0.4) is 0 Å². The van der Waals surface area contributed by atoms with Crippen LogP contribution < -0.4 is 0 Å². The Morgan fingerprint density at radius 1 is 1.27 bits per heavy atom. The zero-order chi connectivity index (χ0) is 15.1. The summed E-state index contributed by atoms with van der Waals surface area (Å²) in [5.74, 6) is -0.310. The van der Waals surface area contributed by atoms with Gasteiger partial charge in [0, 0.05) is 10.8 Å². The molecule has 22 heavy (non-hydrogen) atoms. The lowest BCUT2D eigenvalue weighted by Crippen LogP contribution is -2.16. The molecule has 2 aromatic heterocycles. The molecule has 0 radical (unpaired) electrons. The third-order valence-electron chi connectivity index (χ3n) is 4.36. The number of esters is 1. The highest BCUT2D eigenvalue weighted by molar-refractivity contribution is 6.08. The van der Waals surface area contributed by atoms with Gasteiger partial charge in [-0.05, 0) is 55.9 Å². The summed E-state index contributed by atoms with van der Waals surface area (Å²) < 4.78 is 5.20. The molecule has 0 unspecified atom stereocenters. The van der Waals surface area contributed by atoms with Crippen molar-refractivity contribution in [1.82, 2.24) is 15.2 Å². The molecule has 112 valence electrons. The number of fused-ring (bicyclic) bond motifs is 5. The van der Waals surface area contributed by atoms with E-state index in [1.807, 2.05) is 25.3 Å². The first-order valence-corrected chi connectivity index (χ1v) is 7.74. The first kappa shape index (κ1) is 13.2. The van der Waals surface area contributed by atoms with Gasteiger partial charge in [-0.3, -0.25) is 5.10 Å². The monoisotopic (exact) mass is 295 g/mol. The number of aromatic nitrogens is 3. The Bertz CT molecular complexity index is 882. The molecule has 1 aromatic carbocycles. The summed E-state index contributed by atoms with van der Waals surface area (Å²) in [7, 11) is 0. The zero-order valence-electron chi connectivity index (χ0n) is 12.5. The number of carbonyl (C=O) groups is 1. The quantitative estimate of drug-likeness (QED) is 0.737. The minimum absolute atomic E-state index is 0.310. The van der Waals surface area contributed by atoms with Gasteiger partial charge in [0.05, 0.1) is 23.8 Å². The molecule has 2 heterocycles. The SMILES string of the molecule is CCOC(=O)c1nc2ccc3[nH]ncc3c2c2c1CCCC2. The second-order valence-electron chi connectivity index (χ2n) is 5.64. The summed E-state index contributed by atoms with van der Waals surface area (Å²) in [5.41, 5.74) is 4.65. The number of H-pyrrole nitrogens is 1. The Morgan fingerprint density at radius 3 is 2.91 bits per heavy atom. The number of nitrogens with one attached hydrogen (secondary N) is 1. The number of benzene rings is 1. The number of aromatic amines is 1. The molecule has 1 aliphatic rings. The number of pyridine rings is 1. The first-order valence-electron chi connectivity index (χ1n) is 7.74. The highest BCUT2D eigenvalue weighted by atomic mass is 16.5. The van der Waals surface area contributed by atoms with Crippen LogP contribution in [-0.2, 0) is 17.6 Å². The molecule has 0 amide bonds. The van der Waals surface area contributed by atoms with Crippen LogP contribution in [0.15, 0.2) is 18.3 Å². The summed E-state index contributed by atoms with van der Waals surface area (Å²) in [6.45, 7) is 2.19. The van der Waals surface area contributed by atoms with Crippen molar-refractivity contribution in [1.29, 1.82) is 0 Å². The van der Waals surface area contributed by atoms with E-state index in [2.05, 4.69) is 15.2 Å². The molecular formula is C17H17N3O2. The molecule has 0 atom stereocenters. The first-order chi connectivity index (χ1) is 10.8. The minimum Gasteiger partial charge on any atom is -0.461 e. The van der Waals surface area contributed by atoms with Gasteiger partial charge in [-0.15, -0.1) is 0 Å². The predicted octanol–water partition coefficient (Wildman–Crippen LogP) is 3.17. The molecule has 0 fully saturated rings. The molecule has 1 N–H and O–H groups in total. The summed E-state index contributed by atoms with van der Waals surface area (Å²) >= 11 is 0. The van der Waals surface area contributed by atoms with Crippen LogP contribution in [0.4, 0.5) is 0 Å². The van der Waals surface area contributed by atoms with E-state index in [0.717, 1.165) is 53.1 Å². The number of aryl methyl sites for hydroxylation is 1. The van der Waals surface area contributed by atoms with Crippen LogP contribution >= 0.6 is 0 Å². The largest absolute Gasteiger partial charge is 0.461 e. The van der Waals surface area contributed by atoms with E-state index >= 15 is 0 Å². The van der Waals surface area contributed by atoms with Gasteiger partial charge in [-0.25, -0.2) is 9.78 Å². The summed E-state index contributed by atoms with van der Waals surface area (Å²) in [5, 5.41) is 9.37. The fraction of sp³-hybridized carbons (Fsp3) is 0.353. The van der Waals surface area contributed by atoms with Crippen LogP contribution in [0.1, 0.15) is 41.4 Å². The number of nitrogens with zero attached hydrogens (tertiary/aromatic N) is 2. The summed E-state index contributed by atoms with van der Waals surface area (Å²) in [6.07, 6.45) is 5.94. The van der Waals surface area contributed by atoms with Crippen molar-refractivity contribution in [2.45, 2.75) is 32.6 Å². The summed E-state index contributed by atoms with van der Waals surface area (Å²) in [4.78, 5) is 16.9. The van der Waals surface area contributed by atoms with E-state index in [1.54, 1.807) is 0 Å². The second kappa shape index (κ2) is 5.09. The number of rotatable bonds is 2. The van der Waals surface area contributed by atoms with Crippen molar-refractivity contribution >= 4 is 27.8 Å². The van der Waals surface area contributed by atoms with E-state index in [1.165, 1.54) is 5.56 Å². The predicted molar refractivity (Wildman–Crippen MR) is 84.0 cm³/mol. The number of hydrogen-bond donors (Lipinski definition) is 1. The average molecular weight is 295 g/mol. The Balaban J connectivity index is 2.07. The lowest BCUT2D eigenvalue weighted by atomic mass is 9.87. The van der Waals surface area contributed by atoms with Crippen LogP contribution in [0.25, 0.3) is 21.8 Å². The number of ether oxygens (including phenoxy) is 1. The van der Waals surface area contributed by atoms with Crippen molar-refractivity contribution < 1.29 is 9.53 Å². The molecule has 3 aromatic rings. The van der Waals surface area contributed by atoms with Gasteiger partial charge in [0.1, 0.15) is 0 Å². The van der Waals surface area contributed by atoms with Gasteiger partial charge in [0.25, 0.3) is 0 Å². The third-order valence-corrected chi connectivity index (χ3v) is 4.36. The van der Waals surface area contributed by atoms with E-state index in [4.69, 9.17) is 4.74 Å². The lowest BCUT2D eigenvalue weighted by molar-refractivity contribution is 0.0518. The van der Waals surface area contributed by atoms with Crippen molar-refractivity contribution in [2.24, 2.45) is 0 Å². The van der Waals surface area contributed by atoms with E-state index in [0.29, 0.717) is 12.3 Å². The highest BCUT2D eigenvalue weighted by Gasteiger charge is 2.24. The van der Waals surface area contributed by atoms with Crippen molar-refractivity contribution in [3.63, 3.8) is 0 Å². The molecule has 0 saturated carbocycles. The van der Waals surface area contributed by atoms with E-state index in [-0.39, 0.29) is 5.97 Å². The molecule has 0 bridgehead atoms. The van der Waals surface area contributed by atoms with Gasteiger partial charge >= 0.3 is 5.97 Å². The Morgan fingerprint density at radius 2 is 2.09 bits per heavy atom. The normalized spacial score (nSPS) is 14.2. The molecule has 0 saturated heterocycles. The van der Waals surface area contributed by atoms with Gasteiger partial charge in [0.2, 0.25) is 0 Å². The Labute approximate surface area is 127 Å². The van der Waals surface area contributed by atoms with Gasteiger partial charge < -0.3 is 4.74 Å². The lowest BCUT2D eigenvalue weighted by Gasteiger charge is -2.20. The molecule has 4 rings (SSSR count). The highest BCUT2D eigenvalue weighted by Crippen LogP contribution is 2.34. The molecular weight excluding hydrogens is 278 g/mol. The maximum atomic E-state index is 12.3. The minimum atomic E-state index is -0.310. The van der Waals surface area contributed by atoms with Gasteiger partial charge in [-0.2, -0.15) is 5.10 Å². The molecule has 1 aliphatic carbocycles. The van der Waals surface area contributed by atoms with Crippen LogP contribution in [0, 0.1) is 0 Å². The number of hydrogen-bond acceptors (Lipinski definition) is 4. The maximum absolute atomic E-state index is 12.3. The Kier molecular flexibility index (Phi) is 3.06. The summed E-state index contributed by atoms with van der Waals surface area (Å²) in [6, 6.07) is 3.91. The number of carbonyl (C=O) groups excluding carboxylic acids is 1. The van der Waals surface area contributed by atoms with Gasteiger partial charge in [-0.1, -0.05) is 0 Å². The van der Waals surface area contributed by atoms with E-state index < -0.39 is 0 Å². The molecule has 0 aliphatic heterocycles. The van der Waals surface area contributed by atoms with Crippen molar-refractivity contribution in [3.8, 4) is 0 Å². The van der Waals surface area contributed by atoms with Crippen LogP contribution in [0.2, 0.25) is 0 Å². The van der Waals surface area contributed by atoms with Gasteiger partial charge in [0.15, 0.2) is 5.69 Å². The second-order valence-corrected chi connectivity index (χ2v) is 5.64. The average Bonchev–Trinajstić information content (AvgIpc) is 3.02. The maximum Gasteiger partial charge on any atom is 0.357 e. The van der Waals surface area contributed by atoms with Crippen molar-refractivity contribution in [3.05, 3.63) is 35.2 Å². The smallest absolute Gasteiger partial charge is 0.357 e. The third kappa shape index (κ3) is 1.89. The zero-order valence-corrected chi connectivity index (χ0v) is 12.5. The van der Waals surface area contributed by atoms with Crippen LogP contribution in [-0.4, -0.2) is 27.8 Å². The van der Waals surface area contributed by atoms with Crippen molar-refractivity contribution in [2.75, 3.05) is 6.61 Å². The standard InChI is InChI=1S/C17H17N3O2/c1-2-22-17(21)16-11-6-4-3-5-10(11)15-12-9-18-20-13(12)7-8-14(15)19-16/h7-9H,2-6H2,1H3,(H,18,20). The van der Waals surface area contributed by atoms with E-state index in [9.17, 15) is 4.79 Å². The molecule has 5 nitrogen and oxygen atoms in total. The molecule has 5 heteroatoms. The van der Waals surface area contributed by atoms with Crippen LogP contribution in [0.5, 0.6) is 0 Å². The fourth-order valence-corrected chi connectivity index (χ4v) is 3.42.